The summed E-state index contributed by atoms with van der Waals surface area (Å²) < 4.78 is 7.19. The summed E-state index contributed by atoms with van der Waals surface area (Å²) in [6, 6.07) is 17.0. The minimum atomic E-state index is -0.196. The standard InChI is InChI=1S/C21H21N5O2/c1-14(26-13-23-17-5-3-4-6-19(17)26)18-11-20(27)25-21(24-18)22-12-15-7-9-16(28-2)10-8-15/h3-11,13-14H,12H2,1-2H3,(H2,22,24,25,27). The second-order valence-corrected chi connectivity index (χ2v) is 6.54. The van der Waals surface area contributed by atoms with E-state index in [2.05, 4.69) is 20.3 Å². The summed E-state index contributed by atoms with van der Waals surface area (Å²) >= 11 is 0. The monoisotopic (exact) mass is 375 g/mol. The molecule has 0 aliphatic heterocycles. The second-order valence-electron chi connectivity index (χ2n) is 6.54. The number of anilines is 1. The molecular weight excluding hydrogens is 354 g/mol. The lowest BCUT2D eigenvalue weighted by atomic mass is 10.2. The highest BCUT2D eigenvalue weighted by atomic mass is 16.5. The molecule has 0 spiro atoms. The lowest BCUT2D eigenvalue weighted by Crippen LogP contribution is -2.17. The third kappa shape index (κ3) is 3.59. The van der Waals surface area contributed by atoms with Gasteiger partial charge in [0.25, 0.3) is 5.56 Å². The number of hydrogen-bond donors (Lipinski definition) is 2. The first-order valence-electron chi connectivity index (χ1n) is 9.03. The predicted molar refractivity (Wildman–Crippen MR) is 109 cm³/mol. The number of hydrogen-bond acceptors (Lipinski definition) is 5. The van der Waals surface area contributed by atoms with E-state index in [9.17, 15) is 4.79 Å². The fraction of sp³-hybridized carbons (Fsp3) is 0.190. The molecule has 0 saturated heterocycles. The molecule has 0 amide bonds. The fourth-order valence-corrected chi connectivity index (χ4v) is 3.13. The molecule has 0 radical (unpaired) electrons. The molecule has 0 fully saturated rings. The van der Waals surface area contributed by atoms with Crippen molar-refractivity contribution in [2.24, 2.45) is 0 Å². The van der Waals surface area contributed by atoms with Crippen LogP contribution in [0.2, 0.25) is 0 Å². The van der Waals surface area contributed by atoms with Crippen LogP contribution in [0, 0.1) is 0 Å². The highest BCUT2D eigenvalue weighted by Gasteiger charge is 2.14. The Morgan fingerprint density at radius 2 is 1.96 bits per heavy atom. The number of ether oxygens (including phenoxy) is 1. The van der Waals surface area contributed by atoms with Crippen molar-refractivity contribution in [3.63, 3.8) is 0 Å². The van der Waals surface area contributed by atoms with Crippen LogP contribution < -0.4 is 15.6 Å². The summed E-state index contributed by atoms with van der Waals surface area (Å²) in [5, 5.41) is 3.18. The molecule has 2 aromatic carbocycles. The van der Waals surface area contributed by atoms with Crippen molar-refractivity contribution < 1.29 is 4.74 Å². The van der Waals surface area contributed by atoms with Crippen molar-refractivity contribution in [2.45, 2.75) is 19.5 Å². The van der Waals surface area contributed by atoms with Crippen molar-refractivity contribution in [3.8, 4) is 5.75 Å². The van der Waals surface area contributed by atoms with Gasteiger partial charge in [0.15, 0.2) is 0 Å². The summed E-state index contributed by atoms with van der Waals surface area (Å²) in [5.74, 6) is 1.24. The van der Waals surface area contributed by atoms with Crippen LogP contribution in [0.4, 0.5) is 5.95 Å². The van der Waals surface area contributed by atoms with Gasteiger partial charge < -0.3 is 14.6 Å². The number of H-pyrrole nitrogens is 1. The molecule has 0 aliphatic rings. The van der Waals surface area contributed by atoms with Crippen LogP contribution in [0.1, 0.15) is 24.2 Å². The van der Waals surface area contributed by atoms with Gasteiger partial charge in [-0.3, -0.25) is 9.78 Å². The first-order valence-corrected chi connectivity index (χ1v) is 9.03. The van der Waals surface area contributed by atoms with E-state index in [1.807, 2.05) is 60.0 Å². The molecule has 2 N–H and O–H groups in total. The number of methoxy groups -OCH3 is 1. The summed E-state index contributed by atoms with van der Waals surface area (Å²) in [6.07, 6.45) is 1.78. The zero-order valence-corrected chi connectivity index (χ0v) is 15.7. The number of nitrogens with zero attached hydrogens (tertiary/aromatic N) is 3. The molecule has 4 rings (SSSR count). The summed E-state index contributed by atoms with van der Waals surface area (Å²) in [4.78, 5) is 23.9. The van der Waals surface area contributed by atoms with E-state index in [0.29, 0.717) is 18.2 Å². The van der Waals surface area contributed by atoms with Crippen LogP contribution in [0.25, 0.3) is 11.0 Å². The minimum Gasteiger partial charge on any atom is -0.497 e. The van der Waals surface area contributed by atoms with Gasteiger partial charge in [-0.2, -0.15) is 0 Å². The van der Waals surface area contributed by atoms with Crippen LogP contribution >= 0.6 is 0 Å². The molecule has 2 aromatic heterocycles. The molecule has 4 aromatic rings. The first-order chi connectivity index (χ1) is 13.6. The van der Waals surface area contributed by atoms with Crippen molar-refractivity contribution in [2.75, 3.05) is 12.4 Å². The average molecular weight is 375 g/mol. The van der Waals surface area contributed by atoms with Crippen LogP contribution in [-0.2, 0) is 6.54 Å². The van der Waals surface area contributed by atoms with E-state index in [4.69, 9.17) is 4.74 Å². The Kier molecular flexibility index (Phi) is 4.80. The Morgan fingerprint density at radius 3 is 2.75 bits per heavy atom. The van der Waals surface area contributed by atoms with Gasteiger partial charge in [0, 0.05) is 12.6 Å². The summed E-state index contributed by atoms with van der Waals surface area (Å²) in [5.41, 5.74) is 3.45. The zero-order valence-electron chi connectivity index (χ0n) is 15.7. The Labute approximate surface area is 162 Å². The van der Waals surface area contributed by atoms with E-state index in [1.165, 1.54) is 6.07 Å². The third-order valence-corrected chi connectivity index (χ3v) is 4.71. The number of fused-ring (bicyclic) bond motifs is 1. The maximum Gasteiger partial charge on any atom is 0.252 e. The number of benzene rings is 2. The summed E-state index contributed by atoms with van der Waals surface area (Å²) in [7, 11) is 1.64. The van der Waals surface area contributed by atoms with Crippen LogP contribution in [-0.4, -0.2) is 26.6 Å². The van der Waals surface area contributed by atoms with Crippen molar-refractivity contribution in [1.29, 1.82) is 0 Å². The molecule has 0 saturated carbocycles. The SMILES string of the molecule is COc1ccc(CNc2nc(C(C)n3cnc4ccccc43)cc(=O)[nH]2)cc1. The Morgan fingerprint density at radius 1 is 1.18 bits per heavy atom. The van der Waals surface area contributed by atoms with E-state index in [1.54, 1.807) is 13.4 Å². The largest absolute Gasteiger partial charge is 0.497 e. The summed E-state index contributed by atoms with van der Waals surface area (Å²) in [6.45, 7) is 2.54. The van der Waals surface area contributed by atoms with E-state index < -0.39 is 0 Å². The molecule has 0 aliphatic carbocycles. The van der Waals surface area contributed by atoms with Gasteiger partial charge in [-0.25, -0.2) is 9.97 Å². The minimum absolute atomic E-state index is 0.128. The number of imidazole rings is 1. The maximum atomic E-state index is 12.2. The van der Waals surface area contributed by atoms with Crippen molar-refractivity contribution in [1.82, 2.24) is 19.5 Å². The lowest BCUT2D eigenvalue weighted by molar-refractivity contribution is 0.414. The smallest absolute Gasteiger partial charge is 0.252 e. The predicted octanol–water partition coefficient (Wildman–Crippen LogP) is 3.35. The Hall–Kier alpha value is -3.61. The van der Waals surface area contributed by atoms with Gasteiger partial charge in [-0.05, 0) is 36.8 Å². The number of nitrogens with one attached hydrogen (secondary N) is 2. The normalized spacial score (nSPS) is 12.1. The zero-order chi connectivity index (χ0) is 19.5. The van der Waals surface area contributed by atoms with Crippen LogP contribution in [0.3, 0.4) is 0 Å². The Balaban J connectivity index is 1.57. The molecule has 1 atom stereocenters. The maximum absolute atomic E-state index is 12.2. The number of para-hydroxylation sites is 2. The van der Waals surface area contributed by atoms with Crippen LogP contribution in [0.15, 0.2) is 65.7 Å². The second kappa shape index (κ2) is 7.56. The fourth-order valence-electron chi connectivity index (χ4n) is 3.13. The van der Waals surface area contributed by atoms with Crippen molar-refractivity contribution in [3.05, 3.63) is 82.5 Å². The van der Waals surface area contributed by atoms with Gasteiger partial charge in [0.1, 0.15) is 5.75 Å². The lowest BCUT2D eigenvalue weighted by Gasteiger charge is -2.15. The number of aromatic amines is 1. The van der Waals surface area contributed by atoms with Gasteiger partial charge >= 0.3 is 0 Å². The third-order valence-electron chi connectivity index (χ3n) is 4.71. The topological polar surface area (TPSA) is 84.8 Å². The van der Waals surface area contributed by atoms with Gasteiger partial charge in [-0.15, -0.1) is 0 Å². The highest BCUT2D eigenvalue weighted by molar-refractivity contribution is 5.75. The molecule has 7 nitrogen and oxygen atoms in total. The molecular formula is C21H21N5O2. The van der Waals surface area contributed by atoms with Gasteiger partial charge in [-0.1, -0.05) is 24.3 Å². The molecule has 28 heavy (non-hydrogen) atoms. The van der Waals surface area contributed by atoms with E-state index in [-0.39, 0.29) is 11.6 Å². The molecule has 2 heterocycles. The molecule has 142 valence electrons. The van der Waals surface area contributed by atoms with E-state index >= 15 is 0 Å². The Bertz CT molecular complexity index is 1150. The quantitative estimate of drug-likeness (QED) is 0.540. The average Bonchev–Trinajstić information content (AvgIpc) is 3.16. The first kappa shape index (κ1) is 17.8. The van der Waals surface area contributed by atoms with Gasteiger partial charge in [0.2, 0.25) is 5.95 Å². The van der Waals surface area contributed by atoms with Crippen molar-refractivity contribution >= 4 is 17.0 Å². The number of rotatable bonds is 6. The molecule has 1 unspecified atom stereocenters. The molecule has 7 heteroatoms. The van der Waals surface area contributed by atoms with Crippen LogP contribution in [0.5, 0.6) is 5.75 Å². The highest BCUT2D eigenvalue weighted by Crippen LogP contribution is 2.22. The number of aromatic nitrogens is 4. The van der Waals surface area contributed by atoms with E-state index in [0.717, 1.165) is 22.3 Å². The molecule has 0 bridgehead atoms. The van der Waals surface area contributed by atoms with Gasteiger partial charge in [0.05, 0.1) is 36.2 Å².